The number of carboxylic acids is 1. The maximum Gasteiger partial charge on any atom is 0.305 e. The first-order valence-corrected chi connectivity index (χ1v) is 10.1. The molecule has 1 amide bonds. The molecule has 32 heavy (non-hydrogen) atoms. The number of H-pyrrole nitrogens is 1. The number of aromatic nitrogens is 3. The molecule has 2 atom stereocenters. The van der Waals surface area contributed by atoms with E-state index in [-0.39, 0.29) is 64.6 Å². The molecule has 4 rings (SSSR count). The summed E-state index contributed by atoms with van der Waals surface area (Å²) in [5.41, 5.74) is 2.59. The van der Waals surface area contributed by atoms with E-state index in [1.807, 2.05) is 50.2 Å². The van der Waals surface area contributed by atoms with E-state index in [0.717, 1.165) is 11.3 Å². The zero-order valence-electron chi connectivity index (χ0n) is 18.9. The smallest absolute Gasteiger partial charge is 0.305 e. The molecule has 3 N–H and O–H groups in total. The first kappa shape index (κ1) is 27.7. The Labute approximate surface area is 212 Å². The summed E-state index contributed by atoms with van der Waals surface area (Å²) in [6.45, 7) is 5.88. The molecule has 8 nitrogen and oxygen atoms in total. The molecule has 0 spiro atoms. The zero-order chi connectivity index (χ0) is 21.8. The van der Waals surface area contributed by atoms with Gasteiger partial charge in [0.2, 0.25) is 5.91 Å². The summed E-state index contributed by atoms with van der Waals surface area (Å²) in [5.74, 6) is -1.09. The summed E-state index contributed by atoms with van der Waals surface area (Å²) >= 11 is 0. The summed E-state index contributed by atoms with van der Waals surface area (Å²) in [6.07, 6.45) is 0.206. The largest absolute Gasteiger partial charge is 0.481 e. The average molecular weight is 514 g/mol. The first-order valence-electron chi connectivity index (χ1n) is 10.1. The number of amides is 1. The van der Waals surface area contributed by atoms with Gasteiger partial charge in [0.1, 0.15) is 11.3 Å². The van der Waals surface area contributed by atoms with E-state index >= 15 is 0 Å². The van der Waals surface area contributed by atoms with Crippen molar-refractivity contribution in [2.75, 3.05) is 0 Å². The fourth-order valence-corrected chi connectivity index (χ4v) is 3.62. The molecule has 0 unspecified atom stereocenters. The Balaban J connectivity index is 0.00000125. The number of carbonyl (C=O) groups excluding carboxylic acids is 1. The van der Waals surface area contributed by atoms with Crippen LogP contribution in [0.2, 0.25) is 0 Å². The molecule has 169 valence electrons. The SMILES string of the molecule is CC.C[C@H](CC(=O)O)NC(=O)[C@@H]1Cc2nc3cc(-c4ccccc4)[nH]c3c(=O)n2C1.[CH3-].[Y]. The topological polar surface area (TPSA) is 117 Å². The minimum Gasteiger partial charge on any atom is -0.481 e. The Morgan fingerprint density at radius 1 is 1.28 bits per heavy atom. The van der Waals surface area contributed by atoms with Crippen molar-refractivity contribution in [2.45, 2.75) is 46.2 Å². The van der Waals surface area contributed by atoms with Crippen LogP contribution in [0.25, 0.3) is 22.3 Å². The van der Waals surface area contributed by atoms with Crippen molar-refractivity contribution in [2.24, 2.45) is 5.92 Å². The Bertz CT molecular complexity index is 1120. The van der Waals surface area contributed by atoms with E-state index in [9.17, 15) is 14.4 Å². The van der Waals surface area contributed by atoms with E-state index in [1.54, 1.807) is 6.92 Å². The third-order valence-corrected chi connectivity index (χ3v) is 4.97. The Hall–Kier alpha value is -2.32. The van der Waals surface area contributed by atoms with Crippen LogP contribution in [0.15, 0.2) is 41.2 Å². The number of carboxylic acid groups (broad SMARTS) is 1. The molecular weight excluding hydrogens is 485 g/mol. The zero-order valence-corrected chi connectivity index (χ0v) is 21.7. The van der Waals surface area contributed by atoms with Gasteiger partial charge in [0.05, 0.1) is 17.9 Å². The van der Waals surface area contributed by atoms with E-state index in [4.69, 9.17) is 5.11 Å². The van der Waals surface area contributed by atoms with Gasteiger partial charge in [-0.25, -0.2) is 4.98 Å². The molecular formula is C23H29N4O4Y-. The van der Waals surface area contributed by atoms with Crippen molar-refractivity contribution in [1.29, 1.82) is 0 Å². The van der Waals surface area contributed by atoms with Crippen LogP contribution in [0.1, 0.15) is 33.0 Å². The van der Waals surface area contributed by atoms with Gasteiger partial charge in [-0.05, 0) is 18.6 Å². The van der Waals surface area contributed by atoms with Crippen molar-refractivity contribution >= 4 is 22.9 Å². The van der Waals surface area contributed by atoms with Crippen LogP contribution in [-0.2, 0) is 55.3 Å². The molecule has 0 aliphatic carbocycles. The first-order chi connectivity index (χ1) is 14.4. The molecule has 1 aromatic carbocycles. The monoisotopic (exact) mass is 514 g/mol. The predicted octanol–water partition coefficient (Wildman–Crippen LogP) is 3.02. The summed E-state index contributed by atoms with van der Waals surface area (Å²) in [6, 6.07) is 11.1. The van der Waals surface area contributed by atoms with Crippen LogP contribution in [0, 0.1) is 13.3 Å². The van der Waals surface area contributed by atoms with E-state index < -0.39 is 17.9 Å². The number of hydrogen-bond donors (Lipinski definition) is 3. The van der Waals surface area contributed by atoms with Crippen LogP contribution in [0.3, 0.4) is 0 Å². The number of nitrogens with one attached hydrogen (secondary N) is 2. The van der Waals surface area contributed by atoms with Crippen molar-refractivity contribution in [3.05, 3.63) is 60.0 Å². The molecule has 1 aliphatic rings. The van der Waals surface area contributed by atoms with Gasteiger partial charge in [-0.15, -0.1) is 0 Å². The molecule has 0 saturated carbocycles. The minimum absolute atomic E-state index is 0. The van der Waals surface area contributed by atoms with Gasteiger partial charge in [-0.2, -0.15) is 0 Å². The molecule has 1 aliphatic heterocycles. The second kappa shape index (κ2) is 12.1. The molecule has 0 fully saturated rings. The third-order valence-electron chi connectivity index (χ3n) is 4.97. The predicted molar refractivity (Wildman–Crippen MR) is 121 cm³/mol. The molecule has 0 saturated heterocycles. The van der Waals surface area contributed by atoms with Crippen molar-refractivity contribution in [1.82, 2.24) is 19.9 Å². The van der Waals surface area contributed by atoms with Gasteiger partial charge in [-0.3, -0.25) is 19.0 Å². The van der Waals surface area contributed by atoms with Gasteiger partial charge in [-0.1, -0.05) is 44.2 Å². The summed E-state index contributed by atoms with van der Waals surface area (Å²) in [4.78, 5) is 43.8. The van der Waals surface area contributed by atoms with Crippen molar-refractivity contribution in [3.8, 4) is 11.3 Å². The van der Waals surface area contributed by atoms with Gasteiger partial charge >= 0.3 is 5.97 Å². The summed E-state index contributed by atoms with van der Waals surface area (Å²) < 4.78 is 1.53. The number of aliphatic carboxylic acids is 1. The van der Waals surface area contributed by atoms with E-state index in [1.165, 1.54) is 4.57 Å². The molecule has 2 aromatic heterocycles. The van der Waals surface area contributed by atoms with Crippen LogP contribution in [0.5, 0.6) is 0 Å². The fraction of sp³-hybridized carbons (Fsp3) is 0.348. The molecule has 3 aromatic rings. The summed E-state index contributed by atoms with van der Waals surface area (Å²) in [5, 5.41) is 11.5. The van der Waals surface area contributed by atoms with Gasteiger partial charge in [0, 0.05) is 57.4 Å². The number of fused-ring (bicyclic) bond motifs is 2. The van der Waals surface area contributed by atoms with Gasteiger partial charge in [0.15, 0.2) is 0 Å². The normalized spacial score (nSPS) is 14.8. The van der Waals surface area contributed by atoms with Gasteiger partial charge < -0.3 is 22.8 Å². The van der Waals surface area contributed by atoms with Crippen LogP contribution in [0.4, 0.5) is 0 Å². The van der Waals surface area contributed by atoms with E-state index in [2.05, 4.69) is 15.3 Å². The van der Waals surface area contributed by atoms with Gasteiger partial charge in [0.25, 0.3) is 5.56 Å². The Morgan fingerprint density at radius 2 is 1.94 bits per heavy atom. The number of aromatic amines is 1. The quantitative estimate of drug-likeness (QED) is 0.453. The number of nitrogens with zero attached hydrogens (tertiary/aromatic N) is 2. The van der Waals surface area contributed by atoms with Crippen LogP contribution < -0.4 is 10.9 Å². The Kier molecular flexibility index (Phi) is 10.5. The number of benzene rings is 1. The van der Waals surface area contributed by atoms with E-state index in [0.29, 0.717) is 23.3 Å². The molecule has 1 radical (unpaired) electrons. The average Bonchev–Trinajstić information content (AvgIpc) is 3.34. The molecule has 0 bridgehead atoms. The number of hydrogen-bond acceptors (Lipinski definition) is 4. The molecule has 9 heteroatoms. The maximum atomic E-state index is 12.9. The molecule has 3 heterocycles. The maximum absolute atomic E-state index is 12.9. The second-order valence-electron chi connectivity index (χ2n) is 7.16. The van der Waals surface area contributed by atoms with Crippen molar-refractivity contribution < 1.29 is 47.4 Å². The minimum atomic E-state index is -0.969. The number of carbonyl (C=O) groups is 2. The van der Waals surface area contributed by atoms with Crippen LogP contribution in [-0.4, -0.2) is 37.6 Å². The summed E-state index contributed by atoms with van der Waals surface area (Å²) in [7, 11) is 0. The second-order valence-corrected chi connectivity index (χ2v) is 7.16. The standard InChI is InChI=1S/C20H20N4O4.C2H6.CH3.Y/c1-11(7-17(25)26)21-19(27)13-8-16-22-15-9-14(12-5-3-2-4-6-12)23-18(15)20(28)24(16)10-13;1-2;;/h2-6,9,11,13,23H,7-8,10H2,1H3,(H,21,27)(H,25,26);1-2H3;1H3;/q;;-1;/t11-,13-;;;/m1.../s1. The Morgan fingerprint density at radius 3 is 2.56 bits per heavy atom. The number of rotatable bonds is 5. The third kappa shape index (κ3) is 5.92. The fourth-order valence-electron chi connectivity index (χ4n) is 3.62. The van der Waals surface area contributed by atoms with Crippen LogP contribution >= 0.6 is 0 Å². The van der Waals surface area contributed by atoms with Crippen molar-refractivity contribution in [3.63, 3.8) is 0 Å².